The Labute approximate surface area is 163 Å². The molecule has 1 atom stereocenters. The Morgan fingerprint density at radius 2 is 1.86 bits per heavy atom. The monoisotopic (exact) mass is 396 g/mol. The van der Waals surface area contributed by atoms with Gasteiger partial charge in [-0.2, -0.15) is 0 Å². The number of aliphatic hydroxyl groups is 1. The molecule has 1 N–H and O–H groups in total. The zero-order valence-corrected chi connectivity index (χ0v) is 16.4. The number of anilines is 1. The second-order valence-corrected chi connectivity index (χ2v) is 8.58. The molecule has 2 fully saturated rings. The fourth-order valence-corrected chi connectivity index (χ4v) is 4.06. The Morgan fingerprint density at radius 1 is 1.21 bits per heavy atom. The molecular weight excluding hydrogens is 370 g/mol. The summed E-state index contributed by atoms with van der Waals surface area (Å²) in [6, 6.07) is 3.37. The van der Waals surface area contributed by atoms with Gasteiger partial charge in [-0.25, -0.2) is 13.6 Å². The van der Waals surface area contributed by atoms with Gasteiger partial charge >= 0.3 is 6.09 Å². The number of carbonyl (C=O) groups excluding carboxylic acids is 2. The summed E-state index contributed by atoms with van der Waals surface area (Å²) >= 11 is 0. The van der Waals surface area contributed by atoms with Crippen molar-refractivity contribution in [2.24, 2.45) is 0 Å². The minimum atomic E-state index is -1.03. The van der Waals surface area contributed by atoms with Crippen LogP contribution in [-0.4, -0.2) is 52.3 Å². The van der Waals surface area contributed by atoms with E-state index in [0.717, 1.165) is 12.1 Å². The first-order chi connectivity index (χ1) is 13.0. The molecule has 2 aliphatic rings. The van der Waals surface area contributed by atoms with Gasteiger partial charge < -0.3 is 19.6 Å². The number of amides is 2. The summed E-state index contributed by atoms with van der Waals surface area (Å²) in [6.07, 6.45) is -0.162. The van der Waals surface area contributed by atoms with Crippen LogP contribution in [0.1, 0.15) is 46.5 Å². The molecule has 1 aromatic carbocycles. The first-order valence-corrected chi connectivity index (χ1v) is 9.45. The van der Waals surface area contributed by atoms with E-state index in [0.29, 0.717) is 32.4 Å². The van der Waals surface area contributed by atoms with Crippen molar-refractivity contribution in [3.8, 4) is 0 Å². The molecule has 0 bridgehead atoms. The summed E-state index contributed by atoms with van der Waals surface area (Å²) in [5, 5.41) is 10.2. The lowest BCUT2D eigenvalue weighted by Crippen LogP contribution is -2.63. The maximum atomic E-state index is 13.8. The molecule has 0 saturated carbocycles. The van der Waals surface area contributed by atoms with Gasteiger partial charge in [0, 0.05) is 24.8 Å². The van der Waals surface area contributed by atoms with Gasteiger partial charge in [-0.15, -0.1) is 0 Å². The number of aliphatic hydroxyl groups excluding tert-OH is 1. The Morgan fingerprint density at radius 3 is 2.43 bits per heavy atom. The second kappa shape index (κ2) is 7.31. The molecule has 0 radical (unpaired) electrons. The molecule has 1 unspecified atom stereocenters. The van der Waals surface area contributed by atoms with Crippen LogP contribution < -0.4 is 4.90 Å². The number of rotatable bonds is 1. The number of hydrogen-bond acceptors (Lipinski definition) is 4. The van der Waals surface area contributed by atoms with Crippen LogP contribution in [0, 0.1) is 11.6 Å². The Hall–Kier alpha value is -2.22. The number of nitrogens with zero attached hydrogens (tertiary/aromatic N) is 2. The highest BCUT2D eigenvalue weighted by molar-refractivity contribution is 5.96. The molecule has 1 aromatic rings. The van der Waals surface area contributed by atoms with E-state index in [9.17, 15) is 23.5 Å². The first kappa shape index (κ1) is 20.5. The third kappa shape index (κ3) is 4.11. The largest absolute Gasteiger partial charge is 0.444 e. The topological polar surface area (TPSA) is 70.1 Å². The molecule has 2 amide bonds. The molecule has 154 valence electrons. The van der Waals surface area contributed by atoms with Crippen molar-refractivity contribution in [1.29, 1.82) is 0 Å². The fourth-order valence-electron chi connectivity index (χ4n) is 4.06. The van der Waals surface area contributed by atoms with Gasteiger partial charge in [0.2, 0.25) is 5.91 Å². The molecule has 28 heavy (non-hydrogen) atoms. The van der Waals surface area contributed by atoms with E-state index in [-0.39, 0.29) is 18.0 Å². The van der Waals surface area contributed by atoms with Crippen LogP contribution in [-0.2, 0) is 9.53 Å². The lowest BCUT2D eigenvalue weighted by Gasteiger charge is -2.52. The SMILES string of the molecule is CC(C)(C)OC(=O)N1CCC2(CC1)CC(O)CC(=O)N2c1ccc(F)c(F)c1. The summed E-state index contributed by atoms with van der Waals surface area (Å²) < 4.78 is 32.5. The maximum absolute atomic E-state index is 13.8. The Balaban J connectivity index is 1.84. The van der Waals surface area contributed by atoms with E-state index in [1.54, 1.807) is 25.7 Å². The number of ether oxygens (including phenoxy) is 1. The highest BCUT2D eigenvalue weighted by atomic mass is 19.2. The number of hydrogen-bond donors (Lipinski definition) is 1. The van der Waals surface area contributed by atoms with Crippen molar-refractivity contribution in [2.75, 3.05) is 18.0 Å². The molecule has 0 aromatic heterocycles. The molecule has 2 aliphatic heterocycles. The third-order valence-corrected chi connectivity index (χ3v) is 5.26. The number of likely N-dealkylation sites (tertiary alicyclic amines) is 1. The lowest BCUT2D eigenvalue weighted by atomic mass is 9.77. The van der Waals surface area contributed by atoms with Gasteiger partial charge in [-0.3, -0.25) is 4.79 Å². The zero-order chi connectivity index (χ0) is 20.7. The highest BCUT2D eigenvalue weighted by Crippen LogP contribution is 2.41. The van der Waals surface area contributed by atoms with E-state index >= 15 is 0 Å². The molecule has 1 spiro atoms. The summed E-state index contributed by atoms with van der Waals surface area (Å²) in [5.41, 5.74) is -1.10. The van der Waals surface area contributed by atoms with Gasteiger partial charge in [0.1, 0.15) is 5.60 Å². The predicted octanol–water partition coefficient (Wildman–Crippen LogP) is 3.22. The first-order valence-electron chi connectivity index (χ1n) is 9.45. The third-order valence-electron chi connectivity index (χ3n) is 5.26. The summed E-state index contributed by atoms with van der Waals surface area (Å²) in [5.74, 6) is -2.35. The number of carbonyl (C=O) groups is 2. The van der Waals surface area contributed by atoms with Gasteiger partial charge in [0.15, 0.2) is 11.6 Å². The molecule has 0 aliphatic carbocycles. The number of benzene rings is 1. The van der Waals surface area contributed by atoms with Crippen LogP contribution in [0.4, 0.5) is 19.3 Å². The van der Waals surface area contributed by atoms with E-state index in [2.05, 4.69) is 0 Å². The van der Waals surface area contributed by atoms with E-state index < -0.39 is 35.0 Å². The number of piperidine rings is 2. The average molecular weight is 396 g/mol. The fraction of sp³-hybridized carbons (Fsp3) is 0.600. The second-order valence-electron chi connectivity index (χ2n) is 8.58. The van der Waals surface area contributed by atoms with Crippen molar-refractivity contribution in [3.05, 3.63) is 29.8 Å². The quantitative estimate of drug-likeness (QED) is 0.791. The lowest BCUT2D eigenvalue weighted by molar-refractivity contribution is -0.125. The predicted molar refractivity (Wildman–Crippen MR) is 98.9 cm³/mol. The van der Waals surface area contributed by atoms with Gasteiger partial charge in [-0.05, 0) is 52.2 Å². The van der Waals surface area contributed by atoms with Crippen LogP contribution in [0.15, 0.2) is 18.2 Å². The van der Waals surface area contributed by atoms with Crippen LogP contribution >= 0.6 is 0 Å². The smallest absolute Gasteiger partial charge is 0.410 e. The van der Waals surface area contributed by atoms with Crippen LogP contribution in [0.5, 0.6) is 0 Å². The molecule has 8 heteroatoms. The van der Waals surface area contributed by atoms with Crippen LogP contribution in [0.25, 0.3) is 0 Å². The molecular formula is C20H26F2N2O4. The van der Waals surface area contributed by atoms with E-state index in [1.165, 1.54) is 11.0 Å². The minimum absolute atomic E-state index is 0.0729. The van der Waals surface area contributed by atoms with E-state index in [1.807, 2.05) is 0 Å². The normalized spacial score (nSPS) is 22.5. The van der Waals surface area contributed by atoms with Crippen molar-refractivity contribution in [1.82, 2.24) is 4.90 Å². The Kier molecular flexibility index (Phi) is 5.36. The standard InChI is InChI=1S/C20H26F2N2O4/c1-19(2,3)28-18(27)23-8-6-20(7-9-23)12-14(25)11-17(26)24(20)13-4-5-15(21)16(22)10-13/h4-5,10,14,25H,6-9,11-12H2,1-3H3. The van der Waals surface area contributed by atoms with Gasteiger partial charge in [-0.1, -0.05) is 0 Å². The maximum Gasteiger partial charge on any atom is 0.410 e. The molecule has 2 heterocycles. The zero-order valence-electron chi connectivity index (χ0n) is 16.4. The van der Waals surface area contributed by atoms with Gasteiger partial charge in [0.05, 0.1) is 18.1 Å². The number of halogens is 2. The Bertz CT molecular complexity index is 770. The van der Waals surface area contributed by atoms with Crippen molar-refractivity contribution >= 4 is 17.7 Å². The molecule has 6 nitrogen and oxygen atoms in total. The highest BCUT2D eigenvalue weighted by Gasteiger charge is 2.49. The van der Waals surface area contributed by atoms with Crippen LogP contribution in [0.3, 0.4) is 0 Å². The van der Waals surface area contributed by atoms with E-state index in [4.69, 9.17) is 4.74 Å². The molecule has 2 saturated heterocycles. The average Bonchev–Trinajstić information content (AvgIpc) is 2.56. The minimum Gasteiger partial charge on any atom is -0.444 e. The molecule has 3 rings (SSSR count). The van der Waals surface area contributed by atoms with Crippen LogP contribution in [0.2, 0.25) is 0 Å². The summed E-state index contributed by atoms with van der Waals surface area (Å²) in [4.78, 5) is 28.1. The summed E-state index contributed by atoms with van der Waals surface area (Å²) in [6.45, 7) is 6.05. The van der Waals surface area contributed by atoms with Crippen molar-refractivity contribution < 1.29 is 28.2 Å². The summed E-state index contributed by atoms with van der Waals surface area (Å²) in [7, 11) is 0. The van der Waals surface area contributed by atoms with Gasteiger partial charge in [0.25, 0.3) is 0 Å². The van der Waals surface area contributed by atoms with Crippen molar-refractivity contribution in [2.45, 2.75) is 63.7 Å². The van der Waals surface area contributed by atoms with Crippen molar-refractivity contribution in [3.63, 3.8) is 0 Å².